The molecule has 128 valence electrons. The van der Waals surface area contributed by atoms with Crippen LogP contribution in [-0.4, -0.2) is 32.3 Å². The van der Waals surface area contributed by atoms with Gasteiger partial charge in [-0.2, -0.15) is 0 Å². The van der Waals surface area contributed by atoms with Gasteiger partial charge >= 0.3 is 0 Å². The Balaban J connectivity index is 3.45. The van der Waals surface area contributed by atoms with Gasteiger partial charge in [0.15, 0.2) is 6.29 Å². The first-order valence-electron chi connectivity index (χ1n) is 7.38. The minimum atomic E-state index is 0.509. The molecular formula is C17H24INO3S. The Bertz CT molecular complexity index is 588. The molecule has 0 saturated heterocycles. The van der Waals surface area contributed by atoms with Gasteiger partial charge in [-0.25, -0.2) is 0 Å². The van der Waals surface area contributed by atoms with Gasteiger partial charge < -0.3 is 15.2 Å². The molecule has 0 fully saturated rings. The number of carbonyl (C=O) groups is 1. The average molecular weight is 449 g/mol. The van der Waals surface area contributed by atoms with Crippen LogP contribution >= 0.6 is 30.1 Å². The molecule has 1 rings (SSSR count). The number of benzene rings is 1. The van der Waals surface area contributed by atoms with Crippen LogP contribution in [0.1, 0.15) is 34.0 Å². The quantitative estimate of drug-likeness (QED) is 0.267. The molecule has 0 unspecified atom stereocenters. The molecule has 0 amide bonds. The lowest BCUT2D eigenvalue weighted by molar-refractivity contribution is 0.111. The van der Waals surface area contributed by atoms with E-state index in [1.807, 2.05) is 20.8 Å². The summed E-state index contributed by atoms with van der Waals surface area (Å²) in [6.45, 7) is 6.93. The Kier molecular flexibility index (Phi) is 9.01. The number of methoxy groups -OCH3 is 1. The predicted molar refractivity (Wildman–Crippen MR) is 106 cm³/mol. The lowest BCUT2D eigenvalue weighted by Crippen LogP contribution is -2.09. The van der Waals surface area contributed by atoms with Gasteiger partial charge in [0.2, 0.25) is 0 Å². The van der Waals surface area contributed by atoms with Crippen LogP contribution in [-0.2, 0) is 6.42 Å². The molecule has 0 aliphatic heterocycles. The van der Waals surface area contributed by atoms with E-state index in [4.69, 9.17) is 15.2 Å². The van der Waals surface area contributed by atoms with Gasteiger partial charge in [0.05, 0.1) is 19.3 Å². The van der Waals surface area contributed by atoms with Crippen LogP contribution in [0.2, 0.25) is 0 Å². The summed E-state index contributed by atoms with van der Waals surface area (Å²) in [7, 11) is 3.32. The first-order valence-corrected chi connectivity index (χ1v) is 10.9. The van der Waals surface area contributed by atoms with Gasteiger partial charge in [0.1, 0.15) is 11.5 Å². The second-order valence-corrected chi connectivity index (χ2v) is 7.74. The van der Waals surface area contributed by atoms with Crippen LogP contribution in [0.15, 0.2) is 11.6 Å². The van der Waals surface area contributed by atoms with E-state index in [1.165, 1.54) is 0 Å². The van der Waals surface area contributed by atoms with Crippen LogP contribution in [0.4, 0.5) is 0 Å². The van der Waals surface area contributed by atoms with E-state index in [-0.39, 0.29) is 0 Å². The Hall–Kier alpha value is -0.730. The van der Waals surface area contributed by atoms with E-state index in [0.717, 1.165) is 40.1 Å². The number of carbonyl (C=O) groups excluding carboxylic acids is 1. The zero-order valence-electron chi connectivity index (χ0n) is 14.1. The van der Waals surface area contributed by atoms with Gasteiger partial charge in [0.25, 0.3) is 0 Å². The highest BCUT2D eigenvalue weighted by Crippen LogP contribution is 2.38. The summed E-state index contributed by atoms with van der Waals surface area (Å²) in [5.74, 6) is 2.27. The summed E-state index contributed by atoms with van der Waals surface area (Å²) in [6.07, 6.45) is 3.55. The second kappa shape index (κ2) is 10.2. The number of rotatable bonds is 9. The molecule has 0 aromatic heterocycles. The fraction of sp³-hybridized carbons (Fsp3) is 0.471. The summed E-state index contributed by atoms with van der Waals surface area (Å²) in [4.78, 5) is 11.6. The first-order chi connectivity index (χ1) is 11.0. The lowest BCUT2D eigenvalue weighted by atomic mass is 9.95. The zero-order chi connectivity index (χ0) is 17.4. The topological polar surface area (TPSA) is 61.5 Å². The van der Waals surface area contributed by atoms with Crippen LogP contribution in [0.25, 0.3) is 0 Å². The van der Waals surface area contributed by atoms with Crippen molar-refractivity contribution in [3.8, 4) is 11.5 Å². The second-order valence-electron chi connectivity index (χ2n) is 5.24. The van der Waals surface area contributed by atoms with E-state index in [0.29, 0.717) is 30.9 Å². The summed E-state index contributed by atoms with van der Waals surface area (Å²) >= 11 is 2.23. The lowest BCUT2D eigenvalue weighted by Gasteiger charge is -2.20. The number of allylic oxidation sites excluding steroid dienone is 1. The van der Waals surface area contributed by atoms with Gasteiger partial charge in [-0.15, -0.1) is 0 Å². The Labute approximate surface area is 154 Å². The smallest absolute Gasteiger partial charge is 0.154 e. The third kappa shape index (κ3) is 5.12. The van der Waals surface area contributed by atoms with E-state index in [9.17, 15) is 4.79 Å². The van der Waals surface area contributed by atoms with Gasteiger partial charge in [0, 0.05) is 17.9 Å². The summed E-state index contributed by atoms with van der Waals surface area (Å²) < 4.78 is 11.6. The third-order valence-corrected chi connectivity index (χ3v) is 5.45. The number of ether oxygens (including phenoxy) is 2. The van der Waals surface area contributed by atoms with Gasteiger partial charge in [-0.05, 0) is 59.5 Å². The van der Waals surface area contributed by atoms with E-state index >= 15 is 0 Å². The molecule has 0 spiro atoms. The molecular weight excluding hydrogens is 425 g/mol. The highest BCUT2D eigenvalue weighted by molar-refractivity contribution is 14.2. The highest BCUT2D eigenvalue weighted by Gasteiger charge is 2.21. The molecule has 23 heavy (non-hydrogen) atoms. The third-order valence-electron chi connectivity index (χ3n) is 3.81. The molecule has 0 radical (unpaired) electrons. The molecule has 0 aliphatic carbocycles. The largest absolute Gasteiger partial charge is 0.496 e. The summed E-state index contributed by atoms with van der Waals surface area (Å²) in [5, 5.41) is 0. The van der Waals surface area contributed by atoms with E-state index < -0.39 is 0 Å². The van der Waals surface area contributed by atoms with Gasteiger partial charge in [-0.1, -0.05) is 20.6 Å². The first kappa shape index (κ1) is 20.3. The maximum Gasteiger partial charge on any atom is 0.154 e. The van der Waals surface area contributed by atoms with Gasteiger partial charge in [-0.3, -0.25) is 4.79 Å². The van der Waals surface area contributed by atoms with Crippen LogP contribution in [0.5, 0.6) is 11.5 Å². The molecule has 0 saturated carbocycles. The maximum atomic E-state index is 11.6. The summed E-state index contributed by atoms with van der Waals surface area (Å²) in [5.41, 5.74) is 10.1. The predicted octanol–water partition coefficient (Wildman–Crippen LogP) is 4.03. The molecule has 1 aromatic rings. The average Bonchev–Trinajstić information content (AvgIpc) is 2.56. The monoisotopic (exact) mass is 449 g/mol. The van der Waals surface area contributed by atoms with E-state index in [1.54, 1.807) is 16.0 Å². The van der Waals surface area contributed by atoms with Crippen molar-refractivity contribution < 1.29 is 14.3 Å². The van der Waals surface area contributed by atoms with Crippen molar-refractivity contribution in [1.82, 2.24) is 0 Å². The van der Waals surface area contributed by atoms with Crippen molar-refractivity contribution in [2.75, 3.05) is 26.0 Å². The van der Waals surface area contributed by atoms with Crippen LogP contribution < -0.4 is 15.2 Å². The molecule has 0 bridgehead atoms. The molecule has 0 aliphatic rings. The Morgan fingerprint density at radius 1 is 1.30 bits per heavy atom. The zero-order valence-corrected chi connectivity index (χ0v) is 17.0. The number of nitrogens with two attached hydrogens (primary N) is 1. The van der Waals surface area contributed by atoms with Crippen molar-refractivity contribution in [1.29, 1.82) is 0 Å². The minimum Gasteiger partial charge on any atom is -0.496 e. The molecule has 6 heteroatoms. The molecule has 0 atom stereocenters. The molecule has 1 aromatic carbocycles. The number of halogens is 1. The van der Waals surface area contributed by atoms with Crippen molar-refractivity contribution in [2.24, 2.45) is 5.73 Å². The van der Waals surface area contributed by atoms with Crippen molar-refractivity contribution in [3.63, 3.8) is 0 Å². The molecule has 0 heterocycles. The maximum absolute atomic E-state index is 11.6. The van der Waals surface area contributed by atoms with E-state index in [2.05, 4.69) is 27.3 Å². The fourth-order valence-electron chi connectivity index (χ4n) is 2.34. The van der Waals surface area contributed by atoms with Crippen LogP contribution in [0, 0.1) is 13.8 Å². The minimum absolute atomic E-state index is 0.509. The fourth-order valence-corrected chi connectivity index (χ4v) is 3.02. The van der Waals surface area contributed by atoms with Crippen molar-refractivity contribution in [2.45, 2.75) is 27.2 Å². The molecule has 4 nitrogen and oxygen atoms in total. The Morgan fingerprint density at radius 2 is 2.00 bits per heavy atom. The summed E-state index contributed by atoms with van der Waals surface area (Å²) in [6, 6.07) is 0. The number of aldehydes is 1. The number of hydrogen-bond donors (Lipinski definition) is 1. The van der Waals surface area contributed by atoms with Crippen molar-refractivity contribution >= 4 is 36.4 Å². The normalized spacial score (nSPS) is 11.5. The van der Waals surface area contributed by atoms with Crippen molar-refractivity contribution in [3.05, 3.63) is 33.9 Å². The standard InChI is InChI=1S/C17H24INO3S/c1-11(9-19)5-6-14-16(21-4)13(3)12(2)15(10-20)17(14)22-7-8-23-18/h5,10H,6-9,19H2,1-4H3/b11-5+. The van der Waals surface area contributed by atoms with Crippen LogP contribution in [0.3, 0.4) is 0 Å². The number of hydrogen-bond acceptors (Lipinski definition) is 5. The highest BCUT2D eigenvalue weighted by atomic mass is 127. The molecule has 2 N–H and O–H groups in total. The SMILES string of the molecule is COc1c(C)c(C)c(C=O)c(OCCSI)c1C/C=C(\C)CN. The Morgan fingerprint density at radius 3 is 2.52 bits per heavy atom.